The molecule has 5 rings (SSSR count). The molecule has 4 bridgehead atoms. The summed E-state index contributed by atoms with van der Waals surface area (Å²) in [6.07, 6.45) is 5.63. The van der Waals surface area contributed by atoms with Gasteiger partial charge < -0.3 is 14.2 Å². The summed E-state index contributed by atoms with van der Waals surface area (Å²) in [6, 6.07) is 20.5. The zero-order chi connectivity index (χ0) is 26.3. The summed E-state index contributed by atoms with van der Waals surface area (Å²) in [5.74, 6) is 1.45. The van der Waals surface area contributed by atoms with E-state index in [1.807, 2.05) is 59.1 Å². The molecule has 2 aromatic carbocycles. The fraction of sp³-hybridized carbons (Fsp3) is 0.400. The number of fused-ring (bicyclic) bond motifs is 4. The van der Waals surface area contributed by atoms with Gasteiger partial charge in [0.05, 0.1) is 12.7 Å². The highest BCUT2D eigenvalue weighted by Gasteiger charge is 2.30. The van der Waals surface area contributed by atoms with E-state index in [0.717, 1.165) is 48.6 Å². The molecule has 1 unspecified atom stereocenters. The number of carbonyl (C=O) groups excluding carboxylic acids is 1. The van der Waals surface area contributed by atoms with Crippen LogP contribution < -0.4 is 4.90 Å². The van der Waals surface area contributed by atoms with Gasteiger partial charge in [-0.15, -0.1) is 5.10 Å². The topological polar surface area (TPSA) is 80.3 Å². The van der Waals surface area contributed by atoms with E-state index in [2.05, 4.69) is 46.4 Å². The molecular formula is C30H36N6O2. The van der Waals surface area contributed by atoms with Crippen LogP contribution in [0, 0.1) is 0 Å². The molecule has 0 aliphatic carbocycles. The van der Waals surface area contributed by atoms with Gasteiger partial charge in [-0.1, -0.05) is 79.7 Å². The van der Waals surface area contributed by atoms with E-state index in [9.17, 15) is 4.79 Å². The van der Waals surface area contributed by atoms with Crippen LogP contribution in [0.3, 0.4) is 0 Å². The van der Waals surface area contributed by atoms with Gasteiger partial charge in [-0.05, 0) is 30.4 Å². The van der Waals surface area contributed by atoms with Gasteiger partial charge in [-0.3, -0.25) is 9.48 Å². The second-order valence-corrected chi connectivity index (χ2v) is 9.85. The van der Waals surface area contributed by atoms with Crippen LogP contribution >= 0.6 is 0 Å². The lowest BCUT2D eigenvalue weighted by Crippen LogP contribution is -2.35. The van der Waals surface area contributed by atoms with E-state index in [4.69, 9.17) is 9.40 Å². The smallest absolute Gasteiger partial charge is 0.222 e. The molecule has 1 atom stereocenters. The zero-order valence-electron chi connectivity index (χ0n) is 22.3. The monoisotopic (exact) mass is 512 g/mol. The quantitative estimate of drug-likeness (QED) is 0.337. The predicted octanol–water partition coefficient (Wildman–Crippen LogP) is 5.55. The lowest BCUT2D eigenvalue weighted by Gasteiger charge is -2.29. The number of aromatic nitrogens is 4. The van der Waals surface area contributed by atoms with Crippen molar-refractivity contribution < 1.29 is 9.21 Å². The molecule has 0 radical (unpaired) electrons. The maximum absolute atomic E-state index is 13.1. The average molecular weight is 513 g/mol. The Hall–Kier alpha value is -3.94. The second-order valence-electron chi connectivity index (χ2n) is 9.85. The standard InChI is InChI=1S/C30H36N6O2/c1-3-27-29-31-26(19-23-13-7-5-8-14-23)30(38-29)34(20-24-15-9-6-10-16-24)21-25-22-35(33-32-25)17-11-12-18-36(27)28(37)4-2/h5-10,13-16,22,27H,3-4,11-12,17-21H2,1-2H3. The van der Waals surface area contributed by atoms with E-state index >= 15 is 0 Å². The molecule has 1 amide bonds. The molecule has 0 saturated heterocycles. The molecule has 1 aliphatic rings. The van der Waals surface area contributed by atoms with Gasteiger partial charge in [-0.25, -0.2) is 4.98 Å². The van der Waals surface area contributed by atoms with Gasteiger partial charge in [0.25, 0.3) is 0 Å². The first-order chi connectivity index (χ1) is 18.6. The summed E-state index contributed by atoms with van der Waals surface area (Å²) in [5.41, 5.74) is 4.08. The van der Waals surface area contributed by atoms with Crippen LogP contribution in [0.1, 0.15) is 74.0 Å². The van der Waals surface area contributed by atoms with E-state index in [-0.39, 0.29) is 11.9 Å². The van der Waals surface area contributed by atoms with Gasteiger partial charge in [0.1, 0.15) is 17.4 Å². The number of hydrogen-bond donors (Lipinski definition) is 0. The molecule has 2 aromatic heterocycles. The third-order valence-corrected chi connectivity index (χ3v) is 7.06. The van der Waals surface area contributed by atoms with Gasteiger partial charge in [0, 0.05) is 32.5 Å². The average Bonchev–Trinajstić information content (AvgIpc) is 3.57. The molecule has 0 spiro atoms. The highest BCUT2D eigenvalue weighted by Crippen LogP contribution is 2.34. The largest absolute Gasteiger partial charge is 0.423 e. The van der Waals surface area contributed by atoms with Crippen LogP contribution in [0.5, 0.6) is 0 Å². The van der Waals surface area contributed by atoms with Crippen molar-refractivity contribution in [1.82, 2.24) is 24.9 Å². The second kappa shape index (κ2) is 12.1. The first kappa shape index (κ1) is 25.7. The van der Waals surface area contributed by atoms with Crippen molar-refractivity contribution in [3.05, 3.63) is 95.3 Å². The van der Waals surface area contributed by atoms with Crippen molar-refractivity contribution in [1.29, 1.82) is 0 Å². The van der Waals surface area contributed by atoms with Crippen LogP contribution in [-0.4, -0.2) is 37.3 Å². The highest BCUT2D eigenvalue weighted by molar-refractivity contribution is 5.76. The number of aryl methyl sites for hydroxylation is 1. The normalized spacial score (nSPS) is 16.3. The van der Waals surface area contributed by atoms with E-state index in [1.165, 1.54) is 5.56 Å². The highest BCUT2D eigenvalue weighted by atomic mass is 16.4. The number of benzene rings is 2. The molecular weight excluding hydrogens is 476 g/mol. The van der Waals surface area contributed by atoms with Crippen LogP contribution in [0.15, 0.2) is 71.3 Å². The zero-order valence-corrected chi connectivity index (χ0v) is 22.3. The summed E-state index contributed by atoms with van der Waals surface area (Å²) in [4.78, 5) is 22.3. The Labute approximate surface area is 224 Å². The number of hydrogen-bond acceptors (Lipinski definition) is 6. The fourth-order valence-corrected chi connectivity index (χ4v) is 5.12. The molecule has 4 aromatic rings. The third-order valence-electron chi connectivity index (χ3n) is 7.06. The molecule has 0 saturated carbocycles. The number of anilines is 1. The number of amides is 1. The van der Waals surface area contributed by atoms with E-state index in [1.54, 1.807) is 0 Å². The van der Waals surface area contributed by atoms with Crippen LogP contribution in [0.25, 0.3) is 0 Å². The molecule has 198 valence electrons. The summed E-state index contributed by atoms with van der Waals surface area (Å²) in [6.45, 7) is 6.63. The van der Waals surface area contributed by atoms with Gasteiger partial charge in [0.15, 0.2) is 0 Å². The molecule has 8 heteroatoms. The lowest BCUT2D eigenvalue weighted by molar-refractivity contribution is -0.134. The Morgan fingerprint density at radius 1 is 0.974 bits per heavy atom. The van der Waals surface area contributed by atoms with Crippen molar-refractivity contribution in [3.63, 3.8) is 0 Å². The first-order valence-corrected chi connectivity index (χ1v) is 13.7. The summed E-state index contributed by atoms with van der Waals surface area (Å²) in [5, 5.41) is 8.84. The van der Waals surface area contributed by atoms with E-state index < -0.39 is 0 Å². The first-order valence-electron chi connectivity index (χ1n) is 13.7. The van der Waals surface area contributed by atoms with Crippen LogP contribution in [-0.2, 0) is 30.8 Å². The van der Waals surface area contributed by atoms with Crippen molar-refractivity contribution >= 4 is 11.8 Å². The van der Waals surface area contributed by atoms with Crippen molar-refractivity contribution in [2.75, 3.05) is 11.4 Å². The Kier molecular flexibility index (Phi) is 8.16. The van der Waals surface area contributed by atoms with Gasteiger partial charge in [-0.2, -0.15) is 0 Å². The molecule has 0 fully saturated rings. The Morgan fingerprint density at radius 2 is 1.68 bits per heavy atom. The van der Waals surface area contributed by atoms with Crippen LogP contribution in [0.2, 0.25) is 0 Å². The number of carbonyl (C=O) groups is 1. The Morgan fingerprint density at radius 3 is 2.39 bits per heavy atom. The van der Waals surface area contributed by atoms with Crippen molar-refractivity contribution in [2.45, 2.75) is 71.6 Å². The molecule has 8 nitrogen and oxygen atoms in total. The fourth-order valence-electron chi connectivity index (χ4n) is 5.12. The minimum atomic E-state index is -0.210. The Balaban J connectivity index is 1.62. The third kappa shape index (κ3) is 5.96. The molecule has 0 N–H and O–H groups in total. The Bertz CT molecular complexity index is 1320. The van der Waals surface area contributed by atoms with Gasteiger partial charge >= 0.3 is 0 Å². The number of oxazole rings is 1. The molecule has 1 aliphatic heterocycles. The predicted molar refractivity (Wildman–Crippen MR) is 146 cm³/mol. The lowest BCUT2D eigenvalue weighted by atomic mass is 10.1. The molecule has 3 heterocycles. The maximum Gasteiger partial charge on any atom is 0.222 e. The van der Waals surface area contributed by atoms with Gasteiger partial charge in [0.2, 0.25) is 17.7 Å². The number of rotatable bonds is 6. The summed E-state index contributed by atoms with van der Waals surface area (Å²) >= 11 is 0. The summed E-state index contributed by atoms with van der Waals surface area (Å²) < 4.78 is 8.56. The SMILES string of the molecule is CCC(=O)N1CCCCn2cc(nn2)CN(Cc2ccccc2)c2oc(nc2Cc2ccccc2)C1CC. The maximum atomic E-state index is 13.1. The van der Waals surface area contributed by atoms with E-state index in [0.29, 0.717) is 38.4 Å². The molecule has 38 heavy (non-hydrogen) atoms. The number of nitrogens with zero attached hydrogens (tertiary/aromatic N) is 6. The minimum absolute atomic E-state index is 0.123. The van der Waals surface area contributed by atoms with Crippen molar-refractivity contribution in [3.8, 4) is 0 Å². The van der Waals surface area contributed by atoms with Crippen LogP contribution in [0.4, 0.5) is 5.88 Å². The van der Waals surface area contributed by atoms with Crippen molar-refractivity contribution in [2.24, 2.45) is 0 Å². The minimum Gasteiger partial charge on any atom is -0.423 e. The summed E-state index contributed by atoms with van der Waals surface area (Å²) in [7, 11) is 0.